The molecule has 0 unspecified atom stereocenters. The highest BCUT2D eigenvalue weighted by Crippen LogP contribution is 2.21. The Labute approximate surface area is 163 Å². The van der Waals surface area contributed by atoms with Crippen LogP contribution in [0.15, 0.2) is 65.2 Å². The molecule has 148 valence electrons. The molecule has 0 aliphatic heterocycles. The number of hydrogen-bond donors (Lipinski definition) is 2. The first kappa shape index (κ1) is 21.0. The first-order valence-corrected chi connectivity index (χ1v) is 9.58. The van der Waals surface area contributed by atoms with Crippen molar-refractivity contribution in [3.63, 3.8) is 0 Å². The Bertz CT molecular complexity index is 997. The molecule has 2 aromatic carbocycles. The number of rotatable bonds is 7. The van der Waals surface area contributed by atoms with Gasteiger partial charge < -0.3 is 14.8 Å². The van der Waals surface area contributed by atoms with Crippen LogP contribution in [0.1, 0.15) is 5.56 Å². The van der Waals surface area contributed by atoms with E-state index in [1.807, 2.05) is 6.92 Å². The zero-order valence-corrected chi connectivity index (χ0v) is 16.4. The molecule has 0 saturated heterocycles. The van der Waals surface area contributed by atoms with Gasteiger partial charge in [0.05, 0.1) is 25.2 Å². The standard InChI is InChI=1S/C19H20N2O6S/c1-13-7-9-14(10-8-13)21-28(24,25)16-6-4-5-15(11-16)20-17(19(23)27-3)12-18(22)26-2/h4-12,20-21H,1-3H3/b17-12+. The number of anilines is 2. The van der Waals surface area contributed by atoms with E-state index in [1.54, 1.807) is 30.3 Å². The lowest BCUT2D eigenvalue weighted by Gasteiger charge is -2.12. The van der Waals surface area contributed by atoms with Crippen molar-refractivity contribution in [3.05, 3.63) is 65.9 Å². The highest BCUT2D eigenvalue weighted by Gasteiger charge is 2.17. The normalized spacial score (nSPS) is 11.5. The summed E-state index contributed by atoms with van der Waals surface area (Å²) in [7, 11) is -1.54. The van der Waals surface area contributed by atoms with Gasteiger partial charge in [-0.3, -0.25) is 4.72 Å². The van der Waals surface area contributed by atoms with Crippen LogP contribution in [0.5, 0.6) is 0 Å². The summed E-state index contributed by atoms with van der Waals surface area (Å²) in [6, 6.07) is 12.7. The summed E-state index contributed by atoms with van der Waals surface area (Å²) in [5.41, 5.74) is 1.49. The molecule has 0 atom stereocenters. The van der Waals surface area contributed by atoms with Crippen molar-refractivity contribution >= 4 is 33.3 Å². The topological polar surface area (TPSA) is 111 Å². The number of benzene rings is 2. The third-order valence-electron chi connectivity index (χ3n) is 3.60. The summed E-state index contributed by atoms with van der Waals surface area (Å²) in [4.78, 5) is 23.2. The lowest BCUT2D eigenvalue weighted by atomic mass is 10.2. The Balaban J connectivity index is 2.29. The Morgan fingerprint density at radius 1 is 0.964 bits per heavy atom. The molecule has 0 heterocycles. The van der Waals surface area contributed by atoms with Crippen molar-refractivity contribution < 1.29 is 27.5 Å². The van der Waals surface area contributed by atoms with Crippen molar-refractivity contribution in [1.82, 2.24) is 0 Å². The average Bonchev–Trinajstić information content (AvgIpc) is 2.68. The van der Waals surface area contributed by atoms with Gasteiger partial charge in [-0.1, -0.05) is 23.8 Å². The van der Waals surface area contributed by atoms with Crippen LogP contribution < -0.4 is 10.0 Å². The largest absolute Gasteiger partial charge is 0.466 e. The molecule has 28 heavy (non-hydrogen) atoms. The van der Waals surface area contributed by atoms with Gasteiger partial charge in [-0.05, 0) is 37.3 Å². The van der Waals surface area contributed by atoms with Crippen molar-refractivity contribution in [2.24, 2.45) is 0 Å². The second kappa shape index (κ2) is 9.05. The molecule has 2 N–H and O–H groups in total. The van der Waals surface area contributed by atoms with Gasteiger partial charge >= 0.3 is 11.9 Å². The number of carbonyl (C=O) groups excluding carboxylic acids is 2. The fourth-order valence-electron chi connectivity index (χ4n) is 2.16. The van der Waals surface area contributed by atoms with E-state index < -0.39 is 22.0 Å². The van der Waals surface area contributed by atoms with E-state index in [-0.39, 0.29) is 16.3 Å². The minimum absolute atomic E-state index is 0.0274. The highest BCUT2D eigenvalue weighted by atomic mass is 32.2. The van der Waals surface area contributed by atoms with Crippen LogP contribution in [-0.4, -0.2) is 34.6 Å². The van der Waals surface area contributed by atoms with E-state index in [9.17, 15) is 18.0 Å². The Kier molecular flexibility index (Phi) is 6.78. The predicted octanol–water partition coefficient (Wildman–Crippen LogP) is 2.44. The van der Waals surface area contributed by atoms with E-state index in [0.717, 1.165) is 25.9 Å². The molecule has 0 bridgehead atoms. The van der Waals surface area contributed by atoms with Gasteiger partial charge in [0, 0.05) is 11.4 Å². The van der Waals surface area contributed by atoms with Crippen LogP contribution in [0.25, 0.3) is 0 Å². The molecule has 9 heteroatoms. The minimum atomic E-state index is -3.86. The number of aryl methyl sites for hydroxylation is 1. The van der Waals surface area contributed by atoms with Crippen LogP contribution in [-0.2, 0) is 29.1 Å². The van der Waals surface area contributed by atoms with Crippen LogP contribution in [0, 0.1) is 6.92 Å². The SMILES string of the molecule is COC(=O)/C=C(/Nc1cccc(S(=O)(=O)Nc2ccc(C)cc2)c1)C(=O)OC. The third-order valence-corrected chi connectivity index (χ3v) is 4.97. The van der Waals surface area contributed by atoms with Crippen molar-refractivity contribution in [3.8, 4) is 0 Å². The molecular formula is C19H20N2O6S. The Morgan fingerprint density at radius 3 is 2.25 bits per heavy atom. The summed E-state index contributed by atoms with van der Waals surface area (Å²) >= 11 is 0. The molecular weight excluding hydrogens is 384 g/mol. The number of nitrogens with one attached hydrogen (secondary N) is 2. The number of methoxy groups -OCH3 is 2. The first-order valence-electron chi connectivity index (χ1n) is 8.09. The van der Waals surface area contributed by atoms with Gasteiger partial charge in [0.15, 0.2) is 0 Å². The van der Waals surface area contributed by atoms with E-state index >= 15 is 0 Å². The van der Waals surface area contributed by atoms with E-state index in [0.29, 0.717) is 5.69 Å². The number of hydrogen-bond acceptors (Lipinski definition) is 7. The number of sulfonamides is 1. The number of carbonyl (C=O) groups is 2. The second-order valence-electron chi connectivity index (χ2n) is 5.70. The van der Waals surface area contributed by atoms with E-state index in [1.165, 1.54) is 18.2 Å². The first-order chi connectivity index (χ1) is 13.2. The summed E-state index contributed by atoms with van der Waals surface area (Å²) < 4.78 is 36.8. The van der Waals surface area contributed by atoms with Gasteiger partial charge in [-0.2, -0.15) is 0 Å². The molecule has 0 fully saturated rings. The smallest absolute Gasteiger partial charge is 0.354 e. The molecule has 8 nitrogen and oxygen atoms in total. The molecule has 0 amide bonds. The molecule has 0 radical (unpaired) electrons. The predicted molar refractivity (Wildman–Crippen MR) is 104 cm³/mol. The van der Waals surface area contributed by atoms with E-state index in [2.05, 4.69) is 19.5 Å². The summed E-state index contributed by atoms with van der Waals surface area (Å²) in [5.74, 6) is -1.57. The van der Waals surface area contributed by atoms with Gasteiger partial charge in [-0.15, -0.1) is 0 Å². The summed E-state index contributed by atoms with van der Waals surface area (Å²) in [5, 5.41) is 2.67. The van der Waals surface area contributed by atoms with Gasteiger partial charge in [-0.25, -0.2) is 18.0 Å². The molecule has 2 rings (SSSR count). The number of ether oxygens (including phenoxy) is 2. The van der Waals surface area contributed by atoms with Crippen LogP contribution in [0.2, 0.25) is 0 Å². The molecule has 0 spiro atoms. The van der Waals surface area contributed by atoms with E-state index in [4.69, 9.17) is 0 Å². The second-order valence-corrected chi connectivity index (χ2v) is 7.38. The van der Waals surface area contributed by atoms with Crippen LogP contribution in [0.4, 0.5) is 11.4 Å². The maximum Gasteiger partial charge on any atom is 0.354 e. The fraction of sp³-hybridized carbons (Fsp3) is 0.158. The molecule has 0 aliphatic carbocycles. The van der Waals surface area contributed by atoms with Crippen molar-refractivity contribution in [2.75, 3.05) is 24.3 Å². The molecule has 0 aromatic heterocycles. The Morgan fingerprint density at radius 2 is 1.64 bits per heavy atom. The molecule has 0 saturated carbocycles. The summed E-state index contributed by atoms with van der Waals surface area (Å²) in [6.45, 7) is 1.90. The van der Waals surface area contributed by atoms with Crippen molar-refractivity contribution in [1.29, 1.82) is 0 Å². The highest BCUT2D eigenvalue weighted by molar-refractivity contribution is 7.92. The Hall–Kier alpha value is -3.33. The lowest BCUT2D eigenvalue weighted by molar-refractivity contribution is -0.138. The maximum atomic E-state index is 12.6. The maximum absolute atomic E-state index is 12.6. The fourth-order valence-corrected chi connectivity index (χ4v) is 3.27. The molecule has 0 aliphatic rings. The summed E-state index contributed by atoms with van der Waals surface area (Å²) in [6.07, 6.45) is 0.914. The van der Waals surface area contributed by atoms with Gasteiger partial charge in [0.25, 0.3) is 10.0 Å². The van der Waals surface area contributed by atoms with Crippen molar-refractivity contribution in [2.45, 2.75) is 11.8 Å². The zero-order chi connectivity index (χ0) is 20.7. The van der Waals surface area contributed by atoms with Gasteiger partial charge in [0.1, 0.15) is 5.70 Å². The number of esters is 2. The quantitative estimate of drug-likeness (QED) is 0.539. The minimum Gasteiger partial charge on any atom is -0.466 e. The van der Waals surface area contributed by atoms with Gasteiger partial charge in [0.2, 0.25) is 0 Å². The average molecular weight is 404 g/mol. The lowest BCUT2D eigenvalue weighted by Crippen LogP contribution is -2.16. The molecule has 2 aromatic rings. The van der Waals surface area contributed by atoms with Crippen LogP contribution in [0.3, 0.4) is 0 Å². The third kappa shape index (κ3) is 5.58. The van der Waals surface area contributed by atoms with Crippen LogP contribution >= 0.6 is 0 Å². The zero-order valence-electron chi connectivity index (χ0n) is 15.6. The monoisotopic (exact) mass is 404 g/mol.